The van der Waals surface area contributed by atoms with Crippen LogP contribution >= 0.6 is 0 Å². The van der Waals surface area contributed by atoms with Crippen LogP contribution < -0.4 is 24.8 Å². The number of nitrogens with one attached hydrogen (secondary N) is 3. The highest BCUT2D eigenvalue weighted by Gasteiger charge is 2.64. The van der Waals surface area contributed by atoms with Crippen molar-refractivity contribution in [3.05, 3.63) is 23.9 Å². The molecule has 8 atom stereocenters. The molecule has 0 spiro atoms. The van der Waals surface area contributed by atoms with Crippen molar-refractivity contribution in [1.29, 1.82) is 0 Å². The van der Waals surface area contributed by atoms with E-state index in [1.54, 1.807) is 20.1 Å². The Morgan fingerprint density at radius 2 is 1.79 bits per heavy atom. The van der Waals surface area contributed by atoms with Gasteiger partial charge in [0.15, 0.2) is 0 Å². The second kappa shape index (κ2) is 15.2. The maximum atomic E-state index is 14.9. The molecule has 7 rings (SSSR count). The highest BCUT2D eigenvalue weighted by atomic mass is 32.2. The molecule has 1 aromatic heterocycles. The van der Waals surface area contributed by atoms with Gasteiger partial charge in [0.05, 0.1) is 29.4 Å². The summed E-state index contributed by atoms with van der Waals surface area (Å²) in [7, 11) is -2.40. The molecule has 57 heavy (non-hydrogen) atoms. The summed E-state index contributed by atoms with van der Waals surface area (Å²) in [5.74, 6) is -1.58. The molecule has 3 N–H and O–H groups in total. The maximum absolute atomic E-state index is 14.9. The van der Waals surface area contributed by atoms with Crippen molar-refractivity contribution in [3.8, 4) is 11.6 Å². The molecule has 3 heterocycles. The Labute approximate surface area is 335 Å². The zero-order valence-corrected chi connectivity index (χ0v) is 35.0. The van der Waals surface area contributed by atoms with Crippen LogP contribution in [0.3, 0.4) is 0 Å². The van der Waals surface area contributed by atoms with Crippen molar-refractivity contribution in [2.45, 2.75) is 147 Å². The van der Waals surface area contributed by atoms with E-state index in [0.717, 1.165) is 32.1 Å². The highest BCUT2D eigenvalue weighted by molar-refractivity contribution is 7.91. The fourth-order valence-corrected chi connectivity index (χ4v) is 9.98. The minimum atomic E-state index is -3.98. The van der Waals surface area contributed by atoms with Gasteiger partial charge in [-0.1, -0.05) is 53.9 Å². The average molecular weight is 811 g/mol. The summed E-state index contributed by atoms with van der Waals surface area (Å²) in [6.07, 6.45) is 5.42. The van der Waals surface area contributed by atoms with Gasteiger partial charge in [-0.3, -0.25) is 19.1 Å². The average Bonchev–Trinajstić information content (AvgIpc) is 4.11. The van der Waals surface area contributed by atoms with E-state index in [4.69, 9.17) is 24.2 Å². The summed E-state index contributed by atoms with van der Waals surface area (Å²) < 4.78 is 45.7. The summed E-state index contributed by atoms with van der Waals surface area (Å²) in [5, 5.41) is 5.80. The van der Waals surface area contributed by atoms with Crippen LogP contribution in [-0.2, 0) is 35.6 Å². The van der Waals surface area contributed by atoms with Gasteiger partial charge in [-0.2, -0.15) is 0 Å². The first-order valence-corrected chi connectivity index (χ1v) is 22.1. The van der Waals surface area contributed by atoms with Crippen LogP contribution in [0.4, 0.5) is 4.79 Å². The molecule has 16 heteroatoms. The molecule has 2 bridgehead atoms. The van der Waals surface area contributed by atoms with Crippen molar-refractivity contribution in [1.82, 2.24) is 30.2 Å². The Bertz CT molecular complexity index is 2030. The van der Waals surface area contributed by atoms with Crippen LogP contribution in [0.2, 0.25) is 0 Å². The Kier molecular flexibility index (Phi) is 10.9. The Morgan fingerprint density at radius 3 is 2.44 bits per heavy atom. The standard InChI is InChI=1S/C41H58N6O9S/c1-8-24-21-41(24,37(50)46-57(52,53)40(6)17-18-40)45-34(48)32-26(9-2)31-22-47(32)36(49)33(39(3,4)5)44-38(51)56-30-19-23(30)13-11-10-12-14-28-35(55-31)43-29-20-25(54-7)15-16-27(29)42-28/h15-16,20,23-24,26,30-33H,8-14,17-19,21-22H2,1-7H3,(H,44,51)(H,45,48)(H,46,50)/t23?,24-,26-,30-,31+,32+,33-,41-/m1/s1. The van der Waals surface area contributed by atoms with Crippen LogP contribution in [0, 0.1) is 23.2 Å². The predicted octanol–water partition coefficient (Wildman–Crippen LogP) is 4.55. The SMILES string of the molecule is CC[C@@H]1[C@@H]2CN(C(=O)[C@H](C(C)(C)C)NC(=O)O[C@@H]3CC3CCCCCc3nc4ccc(OC)cc4nc3O2)[C@@H]1C(=O)N[C@]1(C(=O)NS(=O)(=O)C2(C)CC2)C[C@H]1CC. The molecular weight excluding hydrogens is 753 g/mol. The lowest BCUT2D eigenvalue weighted by atomic mass is 9.85. The monoisotopic (exact) mass is 810 g/mol. The van der Waals surface area contributed by atoms with Crippen LogP contribution in [0.1, 0.15) is 111 Å². The van der Waals surface area contributed by atoms with E-state index in [1.165, 1.54) is 4.90 Å². The summed E-state index contributed by atoms with van der Waals surface area (Å²) in [5.41, 5.74) is -0.334. The molecule has 4 fully saturated rings. The largest absolute Gasteiger partial charge is 0.497 e. The molecule has 2 aromatic rings. The Hall–Kier alpha value is -4.21. The van der Waals surface area contributed by atoms with E-state index in [-0.39, 0.29) is 30.9 Å². The summed E-state index contributed by atoms with van der Waals surface area (Å²) in [6.45, 7) is 10.9. The van der Waals surface area contributed by atoms with E-state index in [1.807, 2.05) is 46.8 Å². The number of carbonyl (C=O) groups is 4. The van der Waals surface area contributed by atoms with E-state index < -0.39 is 73.6 Å². The Morgan fingerprint density at radius 1 is 1.04 bits per heavy atom. The number of ether oxygens (including phenoxy) is 3. The van der Waals surface area contributed by atoms with Gasteiger partial charge < -0.3 is 29.7 Å². The van der Waals surface area contributed by atoms with Gasteiger partial charge in [0.1, 0.15) is 41.3 Å². The lowest BCUT2D eigenvalue weighted by Crippen LogP contribution is -2.61. The number of aromatic nitrogens is 2. The number of amides is 4. The zero-order valence-electron chi connectivity index (χ0n) is 34.2. The number of fused-ring (bicyclic) bond motifs is 5. The van der Waals surface area contributed by atoms with E-state index in [2.05, 4.69) is 15.4 Å². The summed E-state index contributed by atoms with van der Waals surface area (Å²) >= 11 is 0. The number of hydrogen-bond donors (Lipinski definition) is 3. The number of rotatable bonds is 8. The lowest BCUT2D eigenvalue weighted by molar-refractivity contribution is -0.143. The predicted molar refractivity (Wildman–Crippen MR) is 211 cm³/mol. The first-order valence-electron chi connectivity index (χ1n) is 20.6. The van der Waals surface area contributed by atoms with Crippen LogP contribution in [-0.4, -0.2) is 95.3 Å². The van der Waals surface area contributed by atoms with E-state index in [0.29, 0.717) is 60.5 Å². The number of hydrogen-bond acceptors (Lipinski definition) is 11. The smallest absolute Gasteiger partial charge is 0.408 e. The maximum Gasteiger partial charge on any atom is 0.408 e. The summed E-state index contributed by atoms with van der Waals surface area (Å²) in [6, 6.07) is 3.26. The van der Waals surface area contributed by atoms with Gasteiger partial charge >= 0.3 is 6.09 Å². The number of carbonyl (C=O) groups excluding carboxylic acids is 4. The fraction of sp³-hybridized carbons (Fsp3) is 0.707. The molecule has 2 aliphatic heterocycles. The third kappa shape index (κ3) is 8.11. The topological polar surface area (TPSA) is 195 Å². The van der Waals surface area contributed by atoms with E-state index >= 15 is 0 Å². The van der Waals surface area contributed by atoms with Crippen molar-refractivity contribution in [2.24, 2.45) is 23.2 Å². The third-order valence-corrected chi connectivity index (χ3v) is 15.1. The molecule has 1 saturated heterocycles. The number of sulfonamides is 1. The van der Waals surface area contributed by atoms with Gasteiger partial charge in [-0.15, -0.1) is 0 Å². The van der Waals surface area contributed by atoms with E-state index in [9.17, 15) is 27.6 Å². The normalized spacial score (nSPS) is 31.3. The number of methoxy groups -OCH3 is 1. The van der Waals surface area contributed by atoms with Crippen LogP contribution in [0.25, 0.3) is 11.0 Å². The molecule has 1 unspecified atom stereocenters. The quantitative estimate of drug-likeness (QED) is 0.339. The minimum absolute atomic E-state index is 0.0240. The number of alkyl carbamates (subject to hydrolysis) is 1. The van der Waals surface area contributed by atoms with Gasteiger partial charge in [-0.25, -0.2) is 23.2 Å². The van der Waals surface area contributed by atoms with Gasteiger partial charge in [0.25, 0.3) is 5.91 Å². The van der Waals surface area contributed by atoms with Crippen molar-refractivity contribution < 1.29 is 41.8 Å². The third-order valence-electron chi connectivity index (χ3n) is 12.9. The van der Waals surface area contributed by atoms with Gasteiger partial charge in [0, 0.05) is 12.0 Å². The van der Waals surface area contributed by atoms with Crippen molar-refractivity contribution >= 4 is 44.9 Å². The number of benzene rings is 1. The van der Waals surface area contributed by atoms with Gasteiger partial charge in [-0.05, 0) is 87.7 Å². The molecule has 15 nitrogen and oxygen atoms in total. The zero-order chi connectivity index (χ0) is 41.1. The first-order chi connectivity index (χ1) is 26.9. The molecule has 1 aromatic carbocycles. The highest BCUT2D eigenvalue weighted by Crippen LogP contribution is 2.48. The second-order valence-electron chi connectivity index (χ2n) is 18.1. The molecule has 312 valence electrons. The van der Waals surface area contributed by atoms with Crippen molar-refractivity contribution in [3.63, 3.8) is 0 Å². The second-order valence-corrected chi connectivity index (χ2v) is 20.3. The molecular formula is C41H58N6O9S. The minimum Gasteiger partial charge on any atom is -0.497 e. The molecule has 3 aliphatic carbocycles. The van der Waals surface area contributed by atoms with Crippen LogP contribution in [0.15, 0.2) is 18.2 Å². The van der Waals surface area contributed by atoms with Crippen molar-refractivity contribution in [2.75, 3.05) is 13.7 Å². The molecule has 0 radical (unpaired) electrons. The molecule has 5 aliphatic rings. The molecule has 3 saturated carbocycles. The summed E-state index contributed by atoms with van der Waals surface area (Å²) in [4.78, 5) is 68.3. The first kappa shape index (κ1) is 41.0. The fourth-order valence-electron chi connectivity index (χ4n) is 8.67. The van der Waals surface area contributed by atoms with Crippen LogP contribution in [0.5, 0.6) is 11.6 Å². The number of nitrogens with zero attached hydrogens (tertiary/aromatic N) is 3. The molecule has 4 amide bonds. The van der Waals surface area contributed by atoms with Gasteiger partial charge in [0.2, 0.25) is 27.7 Å². The Balaban J connectivity index is 1.26. The number of aryl methyl sites for hydroxylation is 1. The lowest BCUT2D eigenvalue weighted by Gasteiger charge is -2.36.